The van der Waals surface area contributed by atoms with E-state index in [9.17, 15) is 13.2 Å². The summed E-state index contributed by atoms with van der Waals surface area (Å²) in [4.78, 5) is 11.7. The highest BCUT2D eigenvalue weighted by Crippen LogP contribution is 2.30. The molecule has 23 heavy (non-hydrogen) atoms. The molecule has 0 aliphatic rings. The molecule has 130 valence electrons. The Labute approximate surface area is 137 Å². The van der Waals surface area contributed by atoms with E-state index in [0.717, 1.165) is 0 Å². The van der Waals surface area contributed by atoms with Gasteiger partial charge in [-0.25, -0.2) is 8.42 Å². The number of ether oxygens (including phenoxy) is 1. The van der Waals surface area contributed by atoms with Crippen LogP contribution >= 0.6 is 0 Å². The second kappa shape index (κ2) is 8.28. The van der Waals surface area contributed by atoms with Gasteiger partial charge in [0.25, 0.3) is 0 Å². The zero-order valence-corrected chi connectivity index (χ0v) is 14.8. The average Bonchev–Trinajstić information content (AvgIpc) is 2.49. The average molecular weight is 343 g/mol. The van der Waals surface area contributed by atoms with Crippen molar-refractivity contribution in [2.75, 3.05) is 25.0 Å². The predicted molar refractivity (Wildman–Crippen MR) is 90.0 cm³/mol. The number of benzene rings is 1. The molecule has 1 amide bonds. The summed E-state index contributed by atoms with van der Waals surface area (Å²) < 4.78 is 32.3. The van der Waals surface area contributed by atoms with E-state index in [-0.39, 0.29) is 16.6 Å². The first kappa shape index (κ1) is 19.4. The maximum atomic E-state index is 12.8. The minimum Gasteiger partial charge on any atom is -0.492 e. The molecule has 0 aliphatic heterocycles. The number of nitrogens with one attached hydrogen (secondary N) is 1. The van der Waals surface area contributed by atoms with Crippen LogP contribution in [0, 0.1) is 0 Å². The lowest BCUT2D eigenvalue weighted by Crippen LogP contribution is -2.33. The topological polar surface area (TPSA) is 102 Å². The van der Waals surface area contributed by atoms with Gasteiger partial charge in [0.15, 0.2) is 0 Å². The minimum absolute atomic E-state index is 0.0329. The quantitative estimate of drug-likeness (QED) is 0.743. The number of hydrogen-bond acceptors (Lipinski definition) is 5. The van der Waals surface area contributed by atoms with Crippen LogP contribution in [0.15, 0.2) is 23.1 Å². The van der Waals surface area contributed by atoms with Crippen LogP contribution in [0.2, 0.25) is 0 Å². The molecule has 1 aromatic carbocycles. The largest absolute Gasteiger partial charge is 0.492 e. The van der Waals surface area contributed by atoms with E-state index >= 15 is 0 Å². The normalized spacial score (nSPS) is 13.0. The van der Waals surface area contributed by atoms with Gasteiger partial charge in [0.05, 0.1) is 12.6 Å². The van der Waals surface area contributed by atoms with Crippen molar-refractivity contribution in [2.24, 2.45) is 5.73 Å². The van der Waals surface area contributed by atoms with Crippen molar-refractivity contribution in [3.8, 4) is 5.75 Å². The molecule has 0 saturated carbocycles. The second-order valence-corrected chi connectivity index (χ2v) is 6.87. The first-order valence-corrected chi connectivity index (χ1v) is 9.05. The zero-order chi connectivity index (χ0) is 17.6. The van der Waals surface area contributed by atoms with Gasteiger partial charge in [-0.1, -0.05) is 13.8 Å². The van der Waals surface area contributed by atoms with E-state index in [1.165, 1.54) is 16.4 Å². The van der Waals surface area contributed by atoms with Crippen molar-refractivity contribution in [1.82, 2.24) is 4.31 Å². The number of anilines is 1. The van der Waals surface area contributed by atoms with Crippen molar-refractivity contribution in [3.63, 3.8) is 0 Å². The highest BCUT2D eigenvalue weighted by Gasteiger charge is 2.26. The zero-order valence-electron chi connectivity index (χ0n) is 14.0. The third kappa shape index (κ3) is 4.66. The van der Waals surface area contributed by atoms with Gasteiger partial charge in [-0.15, -0.1) is 0 Å². The Bertz CT molecular complexity index is 640. The Morgan fingerprint density at radius 1 is 1.30 bits per heavy atom. The first-order chi connectivity index (χ1) is 10.8. The fourth-order valence-electron chi connectivity index (χ4n) is 2.02. The van der Waals surface area contributed by atoms with Gasteiger partial charge < -0.3 is 15.8 Å². The molecule has 1 aromatic rings. The lowest BCUT2D eigenvalue weighted by Gasteiger charge is -2.21. The number of amides is 1. The van der Waals surface area contributed by atoms with Crippen LogP contribution in [0.25, 0.3) is 0 Å². The molecule has 0 fully saturated rings. The van der Waals surface area contributed by atoms with Crippen molar-refractivity contribution < 1.29 is 17.9 Å². The Balaban J connectivity index is 3.33. The Morgan fingerprint density at radius 2 is 1.91 bits per heavy atom. The van der Waals surface area contributed by atoms with Gasteiger partial charge in [-0.05, 0) is 32.0 Å². The van der Waals surface area contributed by atoms with Gasteiger partial charge >= 0.3 is 0 Å². The molecule has 0 spiro atoms. The van der Waals surface area contributed by atoms with Gasteiger partial charge in [0.1, 0.15) is 10.6 Å². The van der Waals surface area contributed by atoms with Crippen molar-refractivity contribution >= 4 is 21.6 Å². The summed E-state index contributed by atoms with van der Waals surface area (Å²) in [6.45, 7) is 7.90. The third-order valence-electron chi connectivity index (χ3n) is 3.25. The number of carbonyl (C=O) groups is 1. The SMILES string of the molecule is CCOc1ccc(NC(=O)[C@@H](C)N)cc1S(=O)(=O)N(CC)CC. The standard InChI is InChI=1S/C15H25N3O4S/c1-5-18(6-2)23(20,21)14-10-12(17-15(19)11(4)16)8-9-13(14)22-7-3/h8-11H,5-7,16H2,1-4H3,(H,17,19)/t11-/m1/s1. The molecular formula is C15H25N3O4S. The predicted octanol–water partition coefficient (Wildman–Crippen LogP) is 1.40. The van der Waals surface area contributed by atoms with Crippen molar-refractivity contribution in [2.45, 2.75) is 38.6 Å². The highest BCUT2D eigenvalue weighted by atomic mass is 32.2. The van der Waals surface area contributed by atoms with Crippen molar-refractivity contribution in [3.05, 3.63) is 18.2 Å². The number of rotatable bonds is 8. The molecule has 1 atom stereocenters. The third-order valence-corrected chi connectivity index (χ3v) is 5.32. The Morgan fingerprint density at radius 3 is 2.39 bits per heavy atom. The molecule has 8 heteroatoms. The van der Waals surface area contributed by atoms with E-state index in [1.807, 2.05) is 0 Å². The maximum Gasteiger partial charge on any atom is 0.246 e. The van der Waals surface area contributed by atoms with E-state index in [0.29, 0.717) is 25.4 Å². The molecule has 0 unspecified atom stereocenters. The van der Waals surface area contributed by atoms with Gasteiger partial charge in [0.2, 0.25) is 15.9 Å². The summed E-state index contributed by atoms with van der Waals surface area (Å²) >= 11 is 0. The maximum absolute atomic E-state index is 12.8. The van der Waals surface area contributed by atoms with Crippen LogP contribution in [0.3, 0.4) is 0 Å². The molecule has 7 nitrogen and oxygen atoms in total. The number of sulfonamides is 1. The lowest BCUT2D eigenvalue weighted by molar-refractivity contribution is -0.117. The van der Waals surface area contributed by atoms with Crippen LogP contribution in [0.1, 0.15) is 27.7 Å². The fourth-order valence-corrected chi connectivity index (χ4v) is 3.64. The van der Waals surface area contributed by atoms with Gasteiger partial charge in [-0.3, -0.25) is 4.79 Å². The van der Waals surface area contributed by atoms with Crippen LogP contribution in [0.5, 0.6) is 5.75 Å². The lowest BCUT2D eigenvalue weighted by atomic mass is 10.2. The summed E-state index contributed by atoms with van der Waals surface area (Å²) in [5, 5.41) is 2.60. The van der Waals surface area contributed by atoms with Crippen LogP contribution in [-0.4, -0.2) is 44.4 Å². The molecule has 0 bridgehead atoms. The van der Waals surface area contributed by atoms with Gasteiger partial charge in [0, 0.05) is 18.8 Å². The molecule has 0 aliphatic carbocycles. The van der Waals surface area contributed by atoms with Crippen LogP contribution < -0.4 is 15.8 Å². The molecule has 0 saturated heterocycles. The Hall–Kier alpha value is -1.64. The van der Waals surface area contributed by atoms with E-state index in [2.05, 4.69) is 5.32 Å². The smallest absolute Gasteiger partial charge is 0.246 e. The monoisotopic (exact) mass is 343 g/mol. The summed E-state index contributed by atoms with van der Waals surface area (Å²) in [6.07, 6.45) is 0. The first-order valence-electron chi connectivity index (χ1n) is 7.61. The summed E-state index contributed by atoms with van der Waals surface area (Å²) in [5.41, 5.74) is 5.88. The van der Waals surface area contributed by atoms with Crippen LogP contribution in [-0.2, 0) is 14.8 Å². The van der Waals surface area contributed by atoms with Gasteiger partial charge in [-0.2, -0.15) is 4.31 Å². The number of hydrogen-bond donors (Lipinski definition) is 2. The van der Waals surface area contributed by atoms with E-state index < -0.39 is 16.1 Å². The summed E-state index contributed by atoms with van der Waals surface area (Å²) in [7, 11) is -3.71. The van der Waals surface area contributed by atoms with Crippen LogP contribution in [0.4, 0.5) is 5.69 Å². The molecular weight excluding hydrogens is 318 g/mol. The molecule has 0 aromatic heterocycles. The number of carbonyl (C=O) groups excluding carboxylic acids is 1. The molecule has 0 radical (unpaired) electrons. The molecule has 3 N–H and O–H groups in total. The fraction of sp³-hybridized carbons (Fsp3) is 0.533. The number of nitrogens with two attached hydrogens (primary N) is 1. The highest BCUT2D eigenvalue weighted by molar-refractivity contribution is 7.89. The number of nitrogens with zero attached hydrogens (tertiary/aromatic N) is 1. The van der Waals surface area contributed by atoms with E-state index in [1.54, 1.807) is 33.8 Å². The molecule has 0 heterocycles. The summed E-state index contributed by atoms with van der Waals surface area (Å²) in [5.74, 6) is -0.126. The van der Waals surface area contributed by atoms with Crippen molar-refractivity contribution in [1.29, 1.82) is 0 Å². The Kier molecular flexibility index (Phi) is 6.99. The molecule has 1 rings (SSSR count). The summed E-state index contributed by atoms with van der Waals surface area (Å²) in [6, 6.07) is 3.84. The van der Waals surface area contributed by atoms with E-state index in [4.69, 9.17) is 10.5 Å². The minimum atomic E-state index is -3.71. The second-order valence-electron chi connectivity index (χ2n) is 4.96.